The Morgan fingerprint density at radius 2 is 1.81 bits per heavy atom. The van der Waals surface area contributed by atoms with Gasteiger partial charge in [0.2, 0.25) is 5.95 Å². The van der Waals surface area contributed by atoms with E-state index in [0.717, 1.165) is 37.4 Å². The Morgan fingerprint density at radius 3 is 2.50 bits per heavy atom. The van der Waals surface area contributed by atoms with Crippen molar-refractivity contribution in [2.45, 2.75) is 37.6 Å². The lowest BCUT2D eigenvalue weighted by Gasteiger charge is -2.34. The Bertz CT molecular complexity index is 1690. The molecule has 1 aliphatic heterocycles. The lowest BCUT2D eigenvalue weighted by Crippen LogP contribution is -2.40. The number of nitrogens with one attached hydrogen (secondary N) is 2. The maximum atomic E-state index is 13.4. The van der Waals surface area contributed by atoms with E-state index in [1.54, 1.807) is 45.1 Å². The van der Waals surface area contributed by atoms with Crippen LogP contribution < -0.4 is 31.3 Å². The molecule has 1 saturated carbocycles. The van der Waals surface area contributed by atoms with Crippen molar-refractivity contribution >= 4 is 58.4 Å². The molecule has 3 heterocycles. The lowest BCUT2D eigenvalue weighted by molar-refractivity contribution is 0.416. The van der Waals surface area contributed by atoms with Gasteiger partial charge >= 0.3 is 0 Å². The highest BCUT2D eigenvalue weighted by atomic mass is 31.2. The summed E-state index contributed by atoms with van der Waals surface area (Å²) < 4.78 is 19.3. The standard InChI is InChI=1S/C31H37N8O2P/c1-5-19-18-35-31(38-30(19)36-24-9-8-23-28(34-13-12-33-23)29(24)42(3,4)40)37-25-16-22(20-6-7-20)26(17-27(25)41-2)39-14-10-21(32)11-15-39/h5,8-9,12-13,16-18,20-21H,1,6-7,10-11,14-15,32H2,2-4H3,(H2,35,36,37,38). The molecule has 6 rings (SSSR count). The fraction of sp³-hybridized carbons (Fsp3) is 0.355. The number of rotatable bonds is 9. The van der Waals surface area contributed by atoms with Gasteiger partial charge in [-0.25, -0.2) is 4.98 Å². The molecule has 0 amide bonds. The summed E-state index contributed by atoms with van der Waals surface area (Å²) >= 11 is 0. The summed E-state index contributed by atoms with van der Waals surface area (Å²) in [6, 6.07) is 8.31. The molecule has 218 valence electrons. The number of methoxy groups -OCH3 is 1. The van der Waals surface area contributed by atoms with Crippen molar-refractivity contribution in [2.24, 2.45) is 5.73 Å². The van der Waals surface area contributed by atoms with Crippen LogP contribution in [0.5, 0.6) is 5.75 Å². The van der Waals surface area contributed by atoms with Crippen LogP contribution in [0.2, 0.25) is 0 Å². The van der Waals surface area contributed by atoms with Crippen LogP contribution in [0.15, 0.2) is 49.4 Å². The zero-order valence-electron chi connectivity index (χ0n) is 24.3. The molecule has 2 aromatic heterocycles. The molecule has 2 fully saturated rings. The molecular formula is C31H37N8O2P. The zero-order chi connectivity index (χ0) is 29.4. The number of nitrogens with two attached hydrogens (primary N) is 1. The normalized spacial score (nSPS) is 16.0. The molecule has 0 bridgehead atoms. The summed E-state index contributed by atoms with van der Waals surface area (Å²) in [6.07, 6.45) is 11.0. The van der Waals surface area contributed by atoms with Gasteiger partial charge in [0, 0.05) is 55.0 Å². The molecule has 0 atom stereocenters. The maximum absolute atomic E-state index is 13.4. The van der Waals surface area contributed by atoms with E-state index >= 15 is 0 Å². The number of hydrogen-bond donors (Lipinski definition) is 3. The molecule has 1 aliphatic carbocycles. The predicted molar refractivity (Wildman–Crippen MR) is 172 cm³/mol. The summed E-state index contributed by atoms with van der Waals surface area (Å²) in [4.78, 5) is 20.7. The predicted octanol–water partition coefficient (Wildman–Crippen LogP) is 5.61. The second kappa shape index (κ2) is 11.3. The minimum Gasteiger partial charge on any atom is -0.494 e. The smallest absolute Gasteiger partial charge is 0.229 e. The van der Waals surface area contributed by atoms with E-state index in [2.05, 4.69) is 49.2 Å². The average molecular weight is 585 g/mol. The van der Waals surface area contributed by atoms with Crippen molar-refractivity contribution < 1.29 is 9.30 Å². The van der Waals surface area contributed by atoms with Crippen molar-refractivity contribution in [2.75, 3.05) is 49.1 Å². The quantitative estimate of drug-likeness (QED) is 0.213. The molecule has 10 nitrogen and oxygen atoms in total. The van der Waals surface area contributed by atoms with Crippen molar-refractivity contribution in [3.05, 3.63) is 60.6 Å². The summed E-state index contributed by atoms with van der Waals surface area (Å²) in [6.45, 7) is 9.30. The zero-order valence-corrected chi connectivity index (χ0v) is 25.2. The van der Waals surface area contributed by atoms with E-state index < -0.39 is 7.14 Å². The topological polar surface area (TPSA) is 131 Å². The van der Waals surface area contributed by atoms with Crippen LogP contribution >= 0.6 is 7.14 Å². The van der Waals surface area contributed by atoms with Gasteiger partial charge in [-0.15, -0.1) is 0 Å². The number of benzene rings is 2. The van der Waals surface area contributed by atoms with Gasteiger partial charge in [-0.05, 0) is 68.7 Å². The number of ether oxygens (including phenoxy) is 1. The Labute approximate surface area is 246 Å². The van der Waals surface area contributed by atoms with Gasteiger partial charge in [0.05, 0.1) is 29.3 Å². The van der Waals surface area contributed by atoms with Crippen LogP contribution in [0.1, 0.15) is 42.7 Å². The number of nitrogens with zero attached hydrogens (tertiary/aromatic N) is 5. The van der Waals surface area contributed by atoms with E-state index in [9.17, 15) is 4.57 Å². The van der Waals surface area contributed by atoms with Crippen molar-refractivity contribution in [3.63, 3.8) is 0 Å². The molecule has 2 aliphatic rings. The minimum atomic E-state index is -2.75. The average Bonchev–Trinajstić information content (AvgIpc) is 3.82. The molecule has 2 aromatic carbocycles. The SMILES string of the molecule is C=Cc1cnc(Nc2cc(C3CC3)c(N3CCC(N)CC3)cc2OC)nc1Nc1ccc2nccnc2c1P(C)(C)=O. The molecule has 0 radical (unpaired) electrons. The minimum absolute atomic E-state index is 0.271. The van der Waals surface area contributed by atoms with E-state index in [4.69, 9.17) is 15.5 Å². The molecule has 1 saturated heterocycles. The summed E-state index contributed by atoms with van der Waals surface area (Å²) in [5, 5.41) is 7.41. The van der Waals surface area contributed by atoms with Gasteiger partial charge in [0.1, 0.15) is 24.2 Å². The van der Waals surface area contributed by atoms with Crippen LogP contribution in [-0.2, 0) is 4.57 Å². The Hall–Kier alpha value is -4.01. The van der Waals surface area contributed by atoms with Gasteiger partial charge < -0.3 is 30.6 Å². The highest BCUT2D eigenvalue weighted by Crippen LogP contribution is 2.48. The molecular weight excluding hydrogens is 547 g/mol. The van der Waals surface area contributed by atoms with Gasteiger partial charge in [-0.1, -0.05) is 12.7 Å². The number of aromatic nitrogens is 4. The maximum Gasteiger partial charge on any atom is 0.229 e. The second-order valence-electron chi connectivity index (χ2n) is 11.4. The fourth-order valence-electron chi connectivity index (χ4n) is 5.60. The van der Waals surface area contributed by atoms with Crippen LogP contribution in [0.25, 0.3) is 17.1 Å². The molecule has 11 heteroatoms. The Morgan fingerprint density at radius 1 is 1.05 bits per heavy atom. The fourth-order valence-corrected chi connectivity index (χ4v) is 7.00. The number of fused-ring (bicyclic) bond motifs is 1. The van der Waals surface area contributed by atoms with Crippen molar-refractivity contribution in [3.8, 4) is 5.75 Å². The largest absolute Gasteiger partial charge is 0.494 e. The number of anilines is 5. The molecule has 4 aromatic rings. The van der Waals surface area contributed by atoms with Gasteiger partial charge in [-0.3, -0.25) is 9.97 Å². The van der Waals surface area contributed by atoms with Crippen molar-refractivity contribution in [1.82, 2.24) is 19.9 Å². The first-order valence-electron chi connectivity index (χ1n) is 14.3. The summed E-state index contributed by atoms with van der Waals surface area (Å²) in [5.74, 6) is 2.20. The number of hydrogen-bond acceptors (Lipinski definition) is 10. The first-order chi connectivity index (χ1) is 20.2. The van der Waals surface area contributed by atoms with E-state index in [1.165, 1.54) is 24.1 Å². The van der Waals surface area contributed by atoms with Crippen LogP contribution in [0.3, 0.4) is 0 Å². The van der Waals surface area contributed by atoms with Gasteiger partial charge in [0.25, 0.3) is 0 Å². The van der Waals surface area contributed by atoms with E-state index in [0.29, 0.717) is 45.3 Å². The summed E-state index contributed by atoms with van der Waals surface area (Å²) in [7, 11) is -1.07. The second-order valence-corrected chi connectivity index (χ2v) is 14.5. The van der Waals surface area contributed by atoms with E-state index in [1.807, 2.05) is 12.1 Å². The lowest BCUT2D eigenvalue weighted by atomic mass is 10.0. The van der Waals surface area contributed by atoms with Crippen molar-refractivity contribution in [1.29, 1.82) is 0 Å². The summed E-state index contributed by atoms with van der Waals surface area (Å²) in [5.41, 5.74) is 12.2. The van der Waals surface area contributed by atoms with Crippen LogP contribution in [0.4, 0.5) is 28.8 Å². The Kier molecular flexibility index (Phi) is 7.60. The number of piperidine rings is 1. The van der Waals surface area contributed by atoms with E-state index in [-0.39, 0.29) is 6.04 Å². The third-order valence-corrected chi connectivity index (χ3v) is 9.46. The van der Waals surface area contributed by atoms with Crippen LogP contribution in [0, 0.1) is 0 Å². The van der Waals surface area contributed by atoms with Crippen LogP contribution in [-0.4, -0.2) is 59.5 Å². The van der Waals surface area contributed by atoms with Gasteiger partial charge in [0.15, 0.2) is 0 Å². The molecule has 4 N–H and O–H groups in total. The first-order valence-corrected chi connectivity index (χ1v) is 16.9. The molecule has 0 spiro atoms. The highest BCUT2D eigenvalue weighted by Gasteiger charge is 2.31. The third-order valence-electron chi connectivity index (χ3n) is 7.94. The highest BCUT2D eigenvalue weighted by molar-refractivity contribution is 7.71. The molecule has 0 unspecified atom stereocenters. The third kappa shape index (κ3) is 5.69. The first kappa shape index (κ1) is 28.1. The Balaban J connectivity index is 1.35. The molecule has 42 heavy (non-hydrogen) atoms. The van der Waals surface area contributed by atoms with Gasteiger partial charge in [-0.2, -0.15) is 4.98 Å². The monoisotopic (exact) mass is 584 g/mol.